The van der Waals surface area contributed by atoms with Gasteiger partial charge in [0.2, 0.25) is 0 Å². The van der Waals surface area contributed by atoms with E-state index in [2.05, 4.69) is 5.10 Å². The number of hydrazone groups is 1. The van der Waals surface area contributed by atoms with Crippen LogP contribution in [0.2, 0.25) is 0 Å². The lowest BCUT2D eigenvalue weighted by molar-refractivity contribution is -0.116. The highest BCUT2D eigenvalue weighted by molar-refractivity contribution is 7.14. The molecule has 2 heterocycles. The van der Waals surface area contributed by atoms with Crippen LogP contribution in [0, 0.1) is 0 Å². The molecule has 0 saturated carbocycles. The predicted octanol–water partition coefficient (Wildman–Crippen LogP) is 1.47. The van der Waals surface area contributed by atoms with Crippen LogP contribution in [0.1, 0.15) is 6.42 Å². The molecule has 1 aliphatic heterocycles. The van der Waals surface area contributed by atoms with Crippen molar-refractivity contribution in [2.75, 3.05) is 5.01 Å². The van der Waals surface area contributed by atoms with Crippen molar-refractivity contribution in [1.82, 2.24) is 0 Å². The molecule has 0 atom stereocenters. The number of hydrogen-bond donors (Lipinski definition) is 0. The van der Waals surface area contributed by atoms with Gasteiger partial charge in [0, 0.05) is 6.21 Å². The van der Waals surface area contributed by atoms with Gasteiger partial charge >= 0.3 is 0 Å². The summed E-state index contributed by atoms with van der Waals surface area (Å²) in [6.45, 7) is 0. The zero-order valence-electron chi connectivity index (χ0n) is 5.73. The third-order valence-electron chi connectivity index (χ3n) is 1.41. The first kappa shape index (κ1) is 6.54. The molecule has 0 radical (unpaired) electrons. The van der Waals surface area contributed by atoms with Crippen LogP contribution in [0.25, 0.3) is 0 Å². The van der Waals surface area contributed by atoms with Crippen molar-refractivity contribution < 1.29 is 4.79 Å². The summed E-state index contributed by atoms with van der Waals surface area (Å²) in [5, 5.41) is 8.18. The molecule has 56 valence electrons. The zero-order valence-corrected chi connectivity index (χ0v) is 6.54. The van der Waals surface area contributed by atoms with Gasteiger partial charge in [-0.25, -0.2) is 0 Å². The molecule has 0 N–H and O–H groups in total. The van der Waals surface area contributed by atoms with Crippen LogP contribution in [0.5, 0.6) is 0 Å². The molecule has 1 aromatic heterocycles. The topological polar surface area (TPSA) is 32.7 Å². The smallest absolute Gasteiger partial charge is 0.253 e. The Labute approximate surface area is 67.9 Å². The molecule has 0 unspecified atom stereocenters. The van der Waals surface area contributed by atoms with Crippen molar-refractivity contribution in [3.63, 3.8) is 0 Å². The molecular weight excluding hydrogens is 160 g/mol. The molecule has 0 bridgehead atoms. The fourth-order valence-electron chi connectivity index (χ4n) is 0.922. The van der Waals surface area contributed by atoms with Crippen molar-refractivity contribution in [2.45, 2.75) is 6.42 Å². The van der Waals surface area contributed by atoms with Gasteiger partial charge < -0.3 is 0 Å². The Balaban J connectivity index is 2.30. The van der Waals surface area contributed by atoms with Gasteiger partial charge in [-0.05, 0) is 17.5 Å². The van der Waals surface area contributed by atoms with Crippen LogP contribution in [0.4, 0.5) is 5.00 Å². The molecule has 0 spiro atoms. The molecular formula is C7H6N2OS. The van der Waals surface area contributed by atoms with Crippen molar-refractivity contribution in [1.29, 1.82) is 0 Å². The minimum atomic E-state index is 0.0486. The third-order valence-corrected chi connectivity index (χ3v) is 2.26. The molecule has 1 aliphatic rings. The lowest BCUT2D eigenvalue weighted by atomic mass is 10.4. The maximum absolute atomic E-state index is 11.1. The molecule has 3 nitrogen and oxygen atoms in total. The summed E-state index contributed by atoms with van der Waals surface area (Å²) >= 11 is 1.52. The number of carbonyl (C=O) groups is 1. The summed E-state index contributed by atoms with van der Waals surface area (Å²) in [7, 11) is 0. The largest absolute Gasteiger partial charge is 0.272 e. The van der Waals surface area contributed by atoms with E-state index < -0.39 is 0 Å². The predicted molar refractivity (Wildman–Crippen MR) is 44.9 cm³/mol. The van der Waals surface area contributed by atoms with E-state index in [1.54, 1.807) is 6.21 Å². The van der Waals surface area contributed by atoms with Crippen LogP contribution in [-0.4, -0.2) is 12.1 Å². The average Bonchev–Trinajstić information content (AvgIpc) is 2.55. The monoisotopic (exact) mass is 166 g/mol. The summed E-state index contributed by atoms with van der Waals surface area (Å²) in [5.41, 5.74) is 0. The lowest BCUT2D eigenvalue weighted by Gasteiger charge is -2.06. The van der Waals surface area contributed by atoms with Crippen LogP contribution >= 0.6 is 11.3 Å². The van der Waals surface area contributed by atoms with Gasteiger partial charge in [0.15, 0.2) is 0 Å². The first-order valence-corrected chi connectivity index (χ1v) is 4.15. The maximum atomic E-state index is 11.1. The fraction of sp³-hybridized carbons (Fsp3) is 0.143. The van der Waals surface area contributed by atoms with Gasteiger partial charge in [-0.3, -0.25) is 4.79 Å². The van der Waals surface area contributed by atoms with E-state index in [0.29, 0.717) is 6.42 Å². The van der Waals surface area contributed by atoms with E-state index in [4.69, 9.17) is 0 Å². The summed E-state index contributed by atoms with van der Waals surface area (Å²) < 4.78 is 0. The van der Waals surface area contributed by atoms with E-state index in [9.17, 15) is 4.79 Å². The number of nitrogens with zero attached hydrogens (tertiary/aromatic N) is 2. The molecule has 0 aromatic carbocycles. The van der Waals surface area contributed by atoms with Gasteiger partial charge in [-0.2, -0.15) is 10.1 Å². The number of carbonyl (C=O) groups excluding carboxylic acids is 1. The van der Waals surface area contributed by atoms with E-state index in [-0.39, 0.29) is 5.91 Å². The summed E-state index contributed by atoms with van der Waals surface area (Å²) in [6.07, 6.45) is 2.06. The first-order chi connectivity index (χ1) is 5.38. The SMILES string of the molecule is O=C1CC=NN1c1cccs1. The number of rotatable bonds is 1. The second-order valence-electron chi connectivity index (χ2n) is 2.16. The van der Waals surface area contributed by atoms with Gasteiger partial charge in [-0.1, -0.05) is 0 Å². The van der Waals surface area contributed by atoms with Crippen LogP contribution in [0.3, 0.4) is 0 Å². The lowest BCUT2D eigenvalue weighted by Crippen LogP contribution is -2.18. The van der Waals surface area contributed by atoms with Crippen molar-refractivity contribution >= 4 is 28.5 Å². The second kappa shape index (κ2) is 2.47. The molecule has 11 heavy (non-hydrogen) atoms. The highest BCUT2D eigenvalue weighted by Gasteiger charge is 2.18. The minimum absolute atomic E-state index is 0.0486. The Morgan fingerprint density at radius 1 is 1.64 bits per heavy atom. The highest BCUT2D eigenvalue weighted by Crippen LogP contribution is 2.23. The molecule has 2 rings (SSSR count). The number of hydrogen-bond acceptors (Lipinski definition) is 3. The van der Waals surface area contributed by atoms with Gasteiger partial charge in [0.1, 0.15) is 5.00 Å². The molecule has 0 saturated heterocycles. The van der Waals surface area contributed by atoms with Gasteiger partial charge in [0.05, 0.1) is 6.42 Å². The second-order valence-corrected chi connectivity index (χ2v) is 3.09. The van der Waals surface area contributed by atoms with Crippen LogP contribution < -0.4 is 5.01 Å². The fourth-order valence-corrected chi connectivity index (χ4v) is 1.62. The normalized spacial score (nSPS) is 16.4. The van der Waals surface area contributed by atoms with Gasteiger partial charge in [0.25, 0.3) is 5.91 Å². The Morgan fingerprint density at radius 3 is 3.09 bits per heavy atom. The Morgan fingerprint density at radius 2 is 2.55 bits per heavy atom. The quantitative estimate of drug-likeness (QED) is 0.621. The molecule has 4 heteroatoms. The molecule has 1 aromatic rings. The third kappa shape index (κ3) is 1.05. The van der Waals surface area contributed by atoms with E-state index >= 15 is 0 Å². The van der Waals surface area contributed by atoms with Crippen molar-refractivity contribution in [2.24, 2.45) is 5.10 Å². The highest BCUT2D eigenvalue weighted by atomic mass is 32.1. The molecule has 1 amide bonds. The van der Waals surface area contributed by atoms with E-state index in [0.717, 1.165) is 5.00 Å². The summed E-state index contributed by atoms with van der Waals surface area (Å²) in [4.78, 5) is 11.1. The van der Waals surface area contributed by atoms with E-state index in [1.165, 1.54) is 16.3 Å². The Hall–Kier alpha value is -1.16. The Kier molecular flexibility index (Phi) is 1.47. The number of thiophene rings is 1. The van der Waals surface area contributed by atoms with Crippen molar-refractivity contribution in [3.05, 3.63) is 17.5 Å². The first-order valence-electron chi connectivity index (χ1n) is 3.27. The number of amides is 1. The summed E-state index contributed by atoms with van der Waals surface area (Å²) in [6, 6.07) is 3.78. The Bertz CT molecular complexity index is 291. The van der Waals surface area contributed by atoms with Gasteiger partial charge in [-0.15, -0.1) is 11.3 Å². The van der Waals surface area contributed by atoms with Crippen molar-refractivity contribution in [3.8, 4) is 0 Å². The number of anilines is 1. The molecule has 0 fully saturated rings. The zero-order chi connectivity index (χ0) is 7.68. The minimum Gasteiger partial charge on any atom is -0.272 e. The average molecular weight is 166 g/mol. The summed E-state index contributed by atoms with van der Waals surface area (Å²) in [5.74, 6) is 0.0486. The van der Waals surface area contributed by atoms with Crippen LogP contribution in [0.15, 0.2) is 22.6 Å². The van der Waals surface area contributed by atoms with E-state index in [1.807, 2.05) is 17.5 Å². The molecule has 0 aliphatic carbocycles. The standard InChI is InChI=1S/C7H6N2OS/c10-6-3-4-8-9(6)7-2-1-5-11-7/h1-2,4-5H,3H2. The van der Waals surface area contributed by atoms with Crippen LogP contribution in [-0.2, 0) is 4.79 Å². The maximum Gasteiger partial charge on any atom is 0.253 e.